The van der Waals surface area contributed by atoms with E-state index in [1.807, 2.05) is 41.5 Å². The van der Waals surface area contributed by atoms with Crippen molar-refractivity contribution < 1.29 is 14.3 Å². The fourth-order valence-corrected chi connectivity index (χ4v) is 3.49. The van der Waals surface area contributed by atoms with Crippen molar-refractivity contribution in [2.24, 2.45) is 10.4 Å². The first-order valence-corrected chi connectivity index (χ1v) is 10.5. The number of hydrogen-bond donors (Lipinski definition) is 3. The van der Waals surface area contributed by atoms with Gasteiger partial charge in [0.15, 0.2) is 5.96 Å². The Balaban J connectivity index is 0.00000784. The number of halogens is 1. The van der Waals surface area contributed by atoms with Crippen molar-refractivity contribution in [1.82, 2.24) is 16.0 Å². The van der Waals surface area contributed by atoms with Gasteiger partial charge in [-0.3, -0.25) is 4.99 Å². The highest BCUT2D eigenvalue weighted by atomic mass is 127. The smallest absolute Gasteiger partial charge is 0.408 e. The van der Waals surface area contributed by atoms with Crippen molar-refractivity contribution in [3.63, 3.8) is 0 Å². The summed E-state index contributed by atoms with van der Waals surface area (Å²) in [6, 6.07) is 0. The summed E-state index contributed by atoms with van der Waals surface area (Å²) in [6.07, 6.45) is 5.70. The van der Waals surface area contributed by atoms with E-state index >= 15 is 0 Å². The third-order valence-electron chi connectivity index (χ3n) is 5.04. The van der Waals surface area contributed by atoms with E-state index in [9.17, 15) is 4.79 Å². The molecule has 7 nitrogen and oxygen atoms in total. The fourth-order valence-electron chi connectivity index (χ4n) is 3.49. The number of hydrogen-bond acceptors (Lipinski definition) is 4. The van der Waals surface area contributed by atoms with Crippen molar-refractivity contribution in [3.05, 3.63) is 0 Å². The standard InChI is InChI=1S/C21H42N4O3.HI/c1-8-27-14-13-21(11-9-10-12-21)16-24-17(22-7)23-15-20(5,6)25-18(26)28-19(2,3)4;/h8-16H2,1-7H3,(H,25,26)(H2,22,23,24);1H. The minimum Gasteiger partial charge on any atom is -0.444 e. The predicted molar refractivity (Wildman–Crippen MR) is 130 cm³/mol. The molecule has 1 amide bonds. The molecule has 0 unspecified atom stereocenters. The number of guanidine groups is 1. The first kappa shape index (κ1) is 28.2. The van der Waals surface area contributed by atoms with Gasteiger partial charge in [-0.15, -0.1) is 24.0 Å². The lowest BCUT2D eigenvalue weighted by Crippen LogP contribution is -2.54. The molecule has 0 aromatic rings. The number of carbonyl (C=O) groups excluding carboxylic acids is 1. The Morgan fingerprint density at radius 2 is 1.72 bits per heavy atom. The van der Waals surface area contributed by atoms with Crippen LogP contribution in [0.2, 0.25) is 0 Å². The topological polar surface area (TPSA) is 84.0 Å². The van der Waals surface area contributed by atoms with E-state index in [0.29, 0.717) is 6.54 Å². The summed E-state index contributed by atoms with van der Waals surface area (Å²) < 4.78 is 10.9. The van der Waals surface area contributed by atoms with Crippen LogP contribution in [0.1, 0.15) is 73.6 Å². The maximum absolute atomic E-state index is 12.0. The Labute approximate surface area is 194 Å². The molecule has 0 atom stereocenters. The molecule has 1 fully saturated rings. The highest BCUT2D eigenvalue weighted by molar-refractivity contribution is 14.0. The second kappa shape index (κ2) is 12.8. The number of ether oxygens (including phenoxy) is 2. The number of carbonyl (C=O) groups is 1. The van der Waals surface area contributed by atoms with E-state index in [1.165, 1.54) is 25.7 Å². The minimum atomic E-state index is -0.512. The molecular formula is C21H43IN4O3. The third-order valence-corrected chi connectivity index (χ3v) is 5.04. The van der Waals surface area contributed by atoms with Crippen LogP contribution in [-0.4, -0.2) is 56.5 Å². The average Bonchev–Trinajstić information content (AvgIpc) is 3.02. The van der Waals surface area contributed by atoms with Gasteiger partial charge in [0.1, 0.15) is 5.60 Å². The van der Waals surface area contributed by atoms with Gasteiger partial charge in [-0.05, 0) is 66.2 Å². The van der Waals surface area contributed by atoms with Crippen LogP contribution in [0, 0.1) is 5.41 Å². The number of amides is 1. The van der Waals surface area contributed by atoms with Gasteiger partial charge in [0.25, 0.3) is 0 Å². The molecule has 172 valence electrons. The summed E-state index contributed by atoms with van der Waals surface area (Å²) in [6.45, 7) is 14.5. The third kappa shape index (κ3) is 11.9. The lowest BCUT2D eigenvalue weighted by molar-refractivity contribution is 0.0474. The second-order valence-corrected chi connectivity index (χ2v) is 9.44. The summed E-state index contributed by atoms with van der Waals surface area (Å²) in [5.74, 6) is 0.752. The van der Waals surface area contributed by atoms with Crippen LogP contribution in [-0.2, 0) is 9.47 Å². The van der Waals surface area contributed by atoms with Gasteiger partial charge in [-0.1, -0.05) is 12.8 Å². The monoisotopic (exact) mass is 526 g/mol. The van der Waals surface area contributed by atoms with Crippen molar-refractivity contribution in [3.8, 4) is 0 Å². The molecule has 3 N–H and O–H groups in total. The van der Waals surface area contributed by atoms with Gasteiger partial charge in [0, 0.05) is 33.4 Å². The summed E-state index contributed by atoms with van der Waals surface area (Å²) in [5.41, 5.74) is -0.695. The van der Waals surface area contributed by atoms with Gasteiger partial charge >= 0.3 is 6.09 Å². The molecule has 1 rings (SSSR count). The Morgan fingerprint density at radius 3 is 2.24 bits per heavy atom. The maximum atomic E-state index is 12.0. The van der Waals surface area contributed by atoms with Gasteiger partial charge in [-0.25, -0.2) is 4.79 Å². The molecule has 8 heteroatoms. The summed E-state index contributed by atoms with van der Waals surface area (Å²) in [5, 5.41) is 9.71. The Kier molecular flexibility index (Phi) is 12.5. The van der Waals surface area contributed by atoms with E-state index in [0.717, 1.165) is 32.1 Å². The first-order chi connectivity index (χ1) is 13.0. The van der Waals surface area contributed by atoms with Crippen molar-refractivity contribution >= 4 is 36.0 Å². The van der Waals surface area contributed by atoms with Crippen molar-refractivity contribution in [1.29, 1.82) is 0 Å². The van der Waals surface area contributed by atoms with Gasteiger partial charge in [0.05, 0.1) is 5.54 Å². The molecule has 0 spiro atoms. The van der Waals surface area contributed by atoms with Crippen LogP contribution in [0.15, 0.2) is 4.99 Å². The van der Waals surface area contributed by atoms with Crippen LogP contribution in [0.25, 0.3) is 0 Å². The molecule has 1 aliphatic carbocycles. The lowest BCUT2D eigenvalue weighted by atomic mass is 9.83. The van der Waals surface area contributed by atoms with E-state index in [1.54, 1.807) is 7.05 Å². The van der Waals surface area contributed by atoms with Crippen LogP contribution in [0.3, 0.4) is 0 Å². The average molecular weight is 527 g/mol. The number of aliphatic imine (C=N–C) groups is 1. The molecule has 0 aromatic carbocycles. The Morgan fingerprint density at radius 1 is 1.10 bits per heavy atom. The number of rotatable bonds is 9. The molecule has 1 aliphatic rings. The van der Waals surface area contributed by atoms with E-state index in [4.69, 9.17) is 9.47 Å². The van der Waals surface area contributed by atoms with Gasteiger partial charge in [-0.2, -0.15) is 0 Å². The summed E-state index contributed by atoms with van der Waals surface area (Å²) in [7, 11) is 1.77. The lowest BCUT2D eigenvalue weighted by Gasteiger charge is -2.32. The normalized spacial score (nSPS) is 16.7. The Hall–Kier alpha value is -0.770. The van der Waals surface area contributed by atoms with E-state index < -0.39 is 17.2 Å². The molecule has 0 aliphatic heterocycles. The Bertz CT molecular complexity index is 513. The molecule has 1 saturated carbocycles. The zero-order valence-corrected chi connectivity index (χ0v) is 21.8. The quantitative estimate of drug-likeness (QED) is 0.183. The van der Waals surface area contributed by atoms with Gasteiger partial charge in [0.2, 0.25) is 0 Å². The van der Waals surface area contributed by atoms with Crippen LogP contribution >= 0.6 is 24.0 Å². The van der Waals surface area contributed by atoms with Crippen LogP contribution in [0.5, 0.6) is 0 Å². The zero-order chi connectivity index (χ0) is 21.3. The molecular weight excluding hydrogens is 483 g/mol. The molecule has 0 heterocycles. The van der Waals surface area contributed by atoms with Gasteiger partial charge < -0.3 is 25.4 Å². The molecule has 0 aromatic heterocycles. The fraction of sp³-hybridized carbons (Fsp3) is 0.905. The first-order valence-electron chi connectivity index (χ1n) is 10.5. The minimum absolute atomic E-state index is 0. The second-order valence-electron chi connectivity index (χ2n) is 9.44. The zero-order valence-electron chi connectivity index (χ0n) is 19.4. The van der Waals surface area contributed by atoms with Crippen LogP contribution < -0.4 is 16.0 Å². The molecule has 0 radical (unpaired) electrons. The molecule has 0 bridgehead atoms. The maximum Gasteiger partial charge on any atom is 0.408 e. The van der Waals surface area contributed by atoms with E-state index in [-0.39, 0.29) is 29.4 Å². The SMILES string of the molecule is CCOCCC1(CNC(=NC)NCC(C)(C)NC(=O)OC(C)(C)C)CCCC1.I. The van der Waals surface area contributed by atoms with E-state index in [2.05, 4.69) is 20.9 Å². The molecule has 0 saturated heterocycles. The van der Waals surface area contributed by atoms with Crippen molar-refractivity contribution in [2.75, 3.05) is 33.4 Å². The number of alkyl carbamates (subject to hydrolysis) is 1. The highest BCUT2D eigenvalue weighted by Gasteiger charge is 2.33. The summed E-state index contributed by atoms with van der Waals surface area (Å²) in [4.78, 5) is 16.4. The highest BCUT2D eigenvalue weighted by Crippen LogP contribution is 2.40. The molecule has 29 heavy (non-hydrogen) atoms. The predicted octanol–water partition coefficient (Wildman–Crippen LogP) is 4.06. The van der Waals surface area contributed by atoms with Crippen molar-refractivity contribution in [2.45, 2.75) is 84.8 Å². The largest absolute Gasteiger partial charge is 0.444 e. The number of nitrogens with one attached hydrogen (secondary N) is 3. The number of nitrogens with zero attached hydrogens (tertiary/aromatic N) is 1. The van der Waals surface area contributed by atoms with Crippen LogP contribution in [0.4, 0.5) is 4.79 Å². The summed E-state index contributed by atoms with van der Waals surface area (Å²) >= 11 is 0.